The largest absolute Gasteiger partial charge is 0.370 e. The highest BCUT2D eigenvalue weighted by molar-refractivity contribution is 5.61. The Bertz CT molecular complexity index is 786. The van der Waals surface area contributed by atoms with Crippen molar-refractivity contribution < 1.29 is 0 Å². The Labute approximate surface area is 149 Å². The highest BCUT2D eigenvalue weighted by atomic mass is 15.1. The quantitative estimate of drug-likeness (QED) is 0.651. The second kappa shape index (κ2) is 8.29. The van der Waals surface area contributed by atoms with E-state index in [2.05, 4.69) is 46.6 Å². The van der Waals surface area contributed by atoms with Crippen molar-refractivity contribution in [1.82, 2.24) is 9.97 Å². The molecule has 0 saturated carbocycles. The summed E-state index contributed by atoms with van der Waals surface area (Å²) in [5.41, 5.74) is 2.23. The molecule has 3 aromatic rings. The van der Waals surface area contributed by atoms with Crippen LogP contribution in [-0.4, -0.2) is 16.5 Å². The Kier molecular flexibility index (Phi) is 5.62. The Morgan fingerprint density at radius 3 is 2.04 bits per heavy atom. The maximum Gasteiger partial charge on any atom is 0.163 e. The predicted octanol–water partition coefficient (Wildman–Crippen LogP) is 4.82. The van der Waals surface area contributed by atoms with E-state index in [0.717, 1.165) is 36.1 Å². The molecular weight excluding hydrogens is 308 g/mol. The van der Waals surface area contributed by atoms with Crippen LogP contribution >= 0.6 is 0 Å². The van der Waals surface area contributed by atoms with E-state index < -0.39 is 0 Å². The van der Waals surface area contributed by atoms with Crippen molar-refractivity contribution in [3.63, 3.8) is 0 Å². The third-order valence-corrected chi connectivity index (χ3v) is 3.77. The molecule has 0 radical (unpaired) electrons. The van der Waals surface area contributed by atoms with Gasteiger partial charge in [-0.05, 0) is 11.5 Å². The van der Waals surface area contributed by atoms with Crippen LogP contribution in [-0.2, 0) is 6.54 Å². The molecule has 0 aliphatic carbocycles. The van der Waals surface area contributed by atoms with Crippen LogP contribution in [0.15, 0.2) is 66.7 Å². The van der Waals surface area contributed by atoms with Gasteiger partial charge in [0.2, 0.25) is 0 Å². The number of benzene rings is 2. The van der Waals surface area contributed by atoms with Gasteiger partial charge in [-0.2, -0.15) is 0 Å². The van der Waals surface area contributed by atoms with Crippen molar-refractivity contribution >= 4 is 11.6 Å². The molecule has 1 aromatic heterocycles. The normalized spacial score (nSPS) is 10.7. The average molecular weight is 332 g/mol. The molecule has 2 aromatic carbocycles. The molecule has 3 rings (SSSR count). The number of rotatable bonds is 7. The maximum absolute atomic E-state index is 4.68. The van der Waals surface area contributed by atoms with E-state index in [4.69, 9.17) is 0 Å². The fraction of sp³-hybridized carbons (Fsp3) is 0.238. The van der Waals surface area contributed by atoms with Gasteiger partial charge in [-0.1, -0.05) is 74.5 Å². The second-order valence-corrected chi connectivity index (χ2v) is 6.44. The van der Waals surface area contributed by atoms with Crippen molar-refractivity contribution in [3.05, 3.63) is 72.3 Å². The molecule has 0 spiro atoms. The SMILES string of the molecule is CC(C)CNc1cc(NCc2ccccc2)nc(-c2ccccc2)n1. The summed E-state index contributed by atoms with van der Waals surface area (Å²) in [6, 6.07) is 22.4. The molecule has 0 fully saturated rings. The van der Waals surface area contributed by atoms with Crippen LogP contribution in [0.3, 0.4) is 0 Å². The van der Waals surface area contributed by atoms with E-state index in [1.165, 1.54) is 5.56 Å². The summed E-state index contributed by atoms with van der Waals surface area (Å²) in [4.78, 5) is 9.35. The molecule has 0 unspecified atom stereocenters. The molecule has 2 N–H and O–H groups in total. The minimum Gasteiger partial charge on any atom is -0.370 e. The molecule has 25 heavy (non-hydrogen) atoms. The van der Waals surface area contributed by atoms with Gasteiger partial charge in [-0.25, -0.2) is 9.97 Å². The van der Waals surface area contributed by atoms with Crippen molar-refractivity contribution in [3.8, 4) is 11.4 Å². The van der Waals surface area contributed by atoms with Crippen LogP contribution < -0.4 is 10.6 Å². The number of nitrogens with zero attached hydrogens (tertiary/aromatic N) is 2. The standard InChI is InChI=1S/C21H24N4/c1-16(2)14-22-19-13-20(23-15-17-9-5-3-6-10-17)25-21(24-19)18-11-7-4-8-12-18/h3-13,16H,14-15H2,1-2H3,(H2,22,23,24,25). The fourth-order valence-electron chi connectivity index (χ4n) is 2.44. The van der Waals surface area contributed by atoms with Crippen LogP contribution in [0.1, 0.15) is 19.4 Å². The summed E-state index contributed by atoms with van der Waals surface area (Å²) in [6.45, 7) is 5.97. The molecule has 128 valence electrons. The van der Waals surface area contributed by atoms with Crippen LogP contribution in [0.4, 0.5) is 11.6 Å². The topological polar surface area (TPSA) is 49.8 Å². The first-order valence-corrected chi connectivity index (χ1v) is 8.67. The van der Waals surface area contributed by atoms with Gasteiger partial charge in [0.15, 0.2) is 5.82 Å². The fourth-order valence-corrected chi connectivity index (χ4v) is 2.44. The Morgan fingerprint density at radius 2 is 1.40 bits per heavy atom. The van der Waals surface area contributed by atoms with Crippen LogP contribution in [0.25, 0.3) is 11.4 Å². The van der Waals surface area contributed by atoms with E-state index >= 15 is 0 Å². The molecule has 0 aliphatic heterocycles. The van der Waals surface area contributed by atoms with E-state index in [1.54, 1.807) is 0 Å². The molecule has 0 saturated heterocycles. The van der Waals surface area contributed by atoms with E-state index in [-0.39, 0.29) is 0 Å². The van der Waals surface area contributed by atoms with Crippen molar-refractivity contribution in [2.45, 2.75) is 20.4 Å². The van der Waals surface area contributed by atoms with Gasteiger partial charge in [0.25, 0.3) is 0 Å². The smallest absolute Gasteiger partial charge is 0.163 e. The first kappa shape index (κ1) is 17.0. The van der Waals surface area contributed by atoms with Gasteiger partial charge in [0.05, 0.1) is 0 Å². The molecule has 0 aliphatic rings. The average Bonchev–Trinajstić information content (AvgIpc) is 2.66. The highest BCUT2D eigenvalue weighted by Gasteiger charge is 2.07. The van der Waals surface area contributed by atoms with E-state index in [0.29, 0.717) is 5.92 Å². The summed E-state index contributed by atoms with van der Waals surface area (Å²) in [5.74, 6) is 2.95. The Morgan fingerprint density at radius 1 is 0.800 bits per heavy atom. The van der Waals surface area contributed by atoms with Crippen LogP contribution in [0, 0.1) is 5.92 Å². The van der Waals surface area contributed by atoms with Gasteiger partial charge >= 0.3 is 0 Å². The molecule has 0 bridgehead atoms. The minimum absolute atomic E-state index is 0.552. The zero-order chi connectivity index (χ0) is 17.5. The summed E-state index contributed by atoms with van der Waals surface area (Å²) < 4.78 is 0. The monoisotopic (exact) mass is 332 g/mol. The number of hydrogen-bond donors (Lipinski definition) is 2. The van der Waals surface area contributed by atoms with Gasteiger partial charge in [0, 0.05) is 24.7 Å². The molecule has 4 nitrogen and oxygen atoms in total. The number of aromatic nitrogens is 2. The van der Waals surface area contributed by atoms with Crippen molar-refractivity contribution in [1.29, 1.82) is 0 Å². The predicted molar refractivity (Wildman–Crippen MR) is 105 cm³/mol. The van der Waals surface area contributed by atoms with Gasteiger partial charge in [-0.15, -0.1) is 0 Å². The molecule has 0 atom stereocenters. The molecule has 4 heteroatoms. The zero-order valence-corrected chi connectivity index (χ0v) is 14.7. The lowest BCUT2D eigenvalue weighted by molar-refractivity contribution is 0.687. The van der Waals surface area contributed by atoms with Crippen molar-refractivity contribution in [2.24, 2.45) is 5.92 Å². The first-order chi connectivity index (χ1) is 12.2. The summed E-state index contributed by atoms with van der Waals surface area (Å²) in [7, 11) is 0. The zero-order valence-electron chi connectivity index (χ0n) is 14.7. The van der Waals surface area contributed by atoms with Gasteiger partial charge in [-0.3, -0.25) is 0 Å². The lowest BCUT2D eigenvalue weighted by atomic mass is 10.2. The van der Waals surface area contributed by atoms with E-state index in [1.807, 2.05) is 54.6 Å². The number of anilines is 2. The van der Waals surface area contributed by atoms with Gasteiger partial charge < -0.3 is 10.6 Å². The number of hydrogen-bond acceptors (Lipinski definition) is 4. The van der Waals surface area contributed by atoms with Gasteiger partial charge in [0.1, 0.15) is 11.6 Å². The Hall–Kier alpha value is -2.88. The lowest BCUT2D eigenvalue weighted by Crippen LogP contribution is -2.11. The summed E-state index contributed by atoms with van der Waals surface area (Å²) >= 11 is 0. The molecule has 0 amide bonds. The molecule has 1 heterocycles. The summed E-state index contributed by atoms with van der Waals surface area (Å²) in [6.07, 6.45) is 0. The van der Waals surface area contributed by atoms with Crippen molar-refractivity contribution in [2.75, 3.05) is 17.2 Å². The lowest BCUT2D eigenvalue weighted by Gasteiger charge is -2.13. The minimum atomic E-state index is 0.552. The molecular formula is C21H24N4. The van der Waals surface area contributed by atoms with E-state index in [9.17, 15) is 0 Å². The third-order valence-electron chi connectivity index (χ3n) is 3.77. The van der Waals surface area contributed by atoms with Crippen LogP contribution in [0.2, 0.25) is 0 Å². The van der Waals surface area contributed by atoms with Crippen LogP contribution in [0.5, 0.6) is 0 Å². The Balaban J connectivity index is 1.83. The first-order valence-electron chi connectivity index (χ1n) is 8.67. The third kappa shape index (κ3) is 5.05. The second-order valence-electron chi connectivity index (χ2n) is 6.44. The number of nitrogens with one attached hydrogen (secondary N) is 2. The summed E-state index contributed by atoms with van der Waals surface area (Å²) in [5, 5.41) is 6.81. The maximum atomic E-state index is 4.68. The highest BCUT2D eigenvalue weighted by Crippen LogP contribution is 2.20.